The Hall–Kier alpha value is -0.780. The number of aliphatic hydroxyl groups is 1. The Morgan fingerprint density at radius 3 is 2.78 bits per heavy atom. The lowest BCUT2D eigenvalue weighted by Gasteiger charge is -2.17. The maximum absolute atomic E-state index is 11.3. The van der Waals surface area contributed by atoms with Gasteiger partial charge in [0.25, 0.3) is 0 Å². The van der Waals surface area contributed by atoms with Crippen LogP contribution < -0.4 is 4.74 Å². The molecular weight excluding hydrogens is 276 g/mol. The monoisotopic (exact) mass is 290 g/mol. The van der Waals surface area contributed by atoms with Gasteiger partial charge in [0.15, 0.2) is 9.84 Å². The molecule has 1 aliphatic heterocycles. The number of benzene rings is 1. The summed E-state index contributed by atoms with van der Waals surface area (Å²) in [4.78, 5) is 0. The summed E-state index contributed by atoms with van der Waals surface area (Å²) in [5, 5.41) is 10.4. The summed E-state index contributed by atoms with van der Waals surface area (Å²) in [6, 6.07) is 6.98. The van der Waals surface area contributed by atoms with Crippen LogP contribution in [0.3, 0.4) is 0 Å². The summed E-state index contributed by atoms with van der Waals surface area (Å²) in [5.74, 6) is 0.456. The molecule has 1 aliphatic rings. The summed E-state index contributed by atoms with van der Waals surface area (Å²) < 4.78 is 28.0. The van der Waals surface area contributed by atoms with Gasteiger partial charge in [-0.15, -0.1) is 0 Å². The third kappa shape index (κ3) is 3.37. The first-order chi connectivity index (χ1) is 8.48. The highest BCUT2D eigenvalue weighted by Crippen LogP contribution is 2.25. The number of hydrogen-bond acceptors (Lipinski definition) is 4. The fourth-order valence-electron chi connectivity index (χ4n) is 2.00. The van der Waals surface area contributed by atoms with E-state index in [4.69, 9.17) is 16.3 Å². The van der Waals surface area contributed by atoms with Crippen molar-refractivity contribution < 1.29 is 18.3 Å². The van der Waals surface area contributed by atoms with Crippen molar-refractivity contribution in [2.24, 2.45) is 5.92 Å². The molecule has 4 nitrogen and oxygen atoms in total. The van der Waals surface area contributed by atoms with Crippen LogP contribution in [0.5, 0.6) is 5.75 Å². The van der Waals surface area contributed by atoms with E-state index in [0.717, 1.165) is 0 Å². The second-order valence-corrected chi connectivity index (χ2v) is 7.11. The summed E-state index contributed by atoms with van der Waals surface area (Å²) in [5.41, 5.74) is 0. The first-order valence-electron chi connectivity index (χ1n) is 5.74. The molecule has 1 aromatic carbocycles. The molecule has 1 N–H and O–H groups in total. The van der Waals surface area contributed by atoms with Crippen LogP contribution in [-0.4, -0.2) is 37.7 Å². The zero-order valence-corrected chi connectivity index (χ0v) is 11.3. The van der Waals surface area contributed by atoms with Gasteiger partial charge in [0.2, 0.25) is 0 Å². The molecule has 100 valence electrons. The third-order valence-electron chi connectivity index (χ3n) is 3.06. The topological polar surface area (TPSA) is 63.6 Å². The van der Waals surface area contributed by atoms with Gasteiger partial charge in [0.1, 0.15) is 12.4 Å². The second-order valence-electron chi connectivity index (χ2n) is 4.47. The van der Waals surface area contributed by atoms with Crippen molar-refractivity contribution in [1.82, 2.24) is 0 Å². The lowest BCUT2D eigenvalue weighted by molar-refractivity contribution is 0.0661. The van der Waals surface area contributed by atoms with Crippen LogP contribution >= 0.6 is 11.6 Å². The van der Waals surface area contributed by atoms with E-state index in [2.05, 4.69) is 0 Å². The molecule has 0 aromatic heterocycles. The van der Waals surface area contributed by atoms with Crippen molar-refractivity contribution in [3.8, 4) is 5.75 Å². The van der Waals surface area contributed by atoms with Gasteiger partial charge in [-0.2, -0.15) is 0 Å². The van der Waals surface area contributed by atoms with Gasteiger partial charge < -0.3 is 9.84 Å². The molecule has 0 radical (unpaired) electrons. The number of ether oxygens (including phenoxy) is 1. The largest absolute Gasteiger partial charge is 0.489 e. The van der Waals surface area contributed by atoms with Gasteiger partial charge in [-0.05, 0) is 18.6 Å². The van der Waals surface area contributed by atoms with Crippen molar-refractivity contribution >= 4 is 21.4 Å². The molecule has 6 heteroatoms. The third-order valence-corrected chi connectivity index (χ3v) is 5.16. The van der Waals surface area contributed by atoms with Crippen molar-refractivity contribution in [1.29, 1.82) is 0 Å². The van der Waals surface area contributed by atoms with Gasteiger partial charge in [-0.3, -0.25) is 0 Å². The molecular formula is C12H15ClO4S. The Morgan fingerprint density at radius 1 is 1.44 bits per heavy atom. The highest BCUT2D eigenvalue weighted by molar-refractivity contribution is 7.91. The Morgan fingerprint density at radius 2 is 2.17 bits per heavy atom. The van der Waals surface area contributed by atoms with E-state index in [1.54, 1.807) is 24.3 Å². The highest BCUT2D eigenvalue weighted by atomic mass is 35.5. The fraction of sp³-hybridized carbons (Fsp3) is 0.500. The smallest absolute Gasteiger partial charge is 0.150 e. The van der Waals surface area contributed by atoms with Crippen LogP contribution in [0.2, 0.25) is 5.02 Å². The van der Waals surface area contributed by atoms with E-state index >= 15 is 0 Å². The van der Waals surface area contributed by atoms with Crippen LogP contribution in [0.15, 0.2) is 24.3 Å². The lowest BCUT2D eigenvalue weighted by atomic mass is 10.0. The minimum absolute atomic E-state index is 0.0417. The second kappa shape index (κ2) is 5.47. The van der Waals surface area contributed by atoms with E-state index in [1.807, 2.05) is 0 Å². The van der Waals surface area contributed by atoms with Gasteiger partial charge >= 0.3 is 0 Å². The minimum Gasteiger partial charge on any atom is -0.489 e. The van der Waals surface area contributed by atoms with Crippen molar-refractivity contribution in [2.75, 3.05) is 18.1 Å². The zero-order valence-electron chi connectivity index (χ0n) is 9.75. The van der Waals surface area contributed by atoms with E-state index in [9.17, 15) is 13.5 Å². The Balaban J connectivity index is 1.89. The number of para-hydroxylation sites is 1. The van der Waals surface area contributed by atoms with Gasteiger partial charge in [0.05, 0.1) is 22.6 Å². The molecule has 2 rings (SSSR count). The molecule has 1 fully saturated rings. The molecule has 1 aromatic rings. The van der Waals surface area contributed by atoms with Gasteiger partial charge in [-0.1, -0.05) is 23.7 Å². The molecule has 0 bridgehead atoms. The molecule has 2 atom stereocenters. The fourth-order valence-corrected chi connectivity index (χ4v) is 4.06. The summed E-state index contributed by atoms with van der Waals surface area (Å²) in [6.45, 7) is 0.0594. The van der Waals surface area contributed by atoms with Crippen LogP contribution in [0.25, 0.3) is 0 Å². The minimum atomic E-state index is -2.97. The number of rotatable bonds is 4. The molecule has 18 heavy (non-hydrogen) atoms. The molecule has 0 amide bonds. The van der Waals surface area contributed by atoms with Crippen LogP contribution in [-0.2, 0) is 9.84 Å². The maximum atomic E-state index is 11.3. The molecule has 0 saturated carbocycles. The molecule has 1 saturated heterocycles. The van der Waals surface area contributed by atoms with Crippen molar-refractivity contribution in [3.05, 3.63) is 29.3 Å². The summed E-state index contributed by atoms with van der Waals surface area (Å²) >= 11 is 5.91. The van der Waals surface area contributed by atoms with E-state index in [1.165, 1.54) is 0 Å². The van der Waals surface area contributed by atoms with Gasteiger partial charge in [0, 0.05) is 5.92 Å². The average Bonchev–Trinajstić information content (AvgIpc) is 2.68. The normalized spacial score (nSPS) is 23.8. The predicted octanol–water partition coefficient (Wildman–Crippen LogP) is 1.51. The van der Waals surface area contributed by atoms with E-state index in [0.29, 0.717) is 17.2 Å². The highest BCUT2D eigenvalue weighted by Gasteiger charge is 2.33. The van der Waals surface area contributed by atoms with E-state index in [-0.39, 0.29) is 24.0 Å². The quantitative estimate of drug-likeness (QED) is 0.913. The number of sulfone groups is 1. The average molecular weight is 291 g/mol. The predicted molar refractivity (Wildman–Crippen MR) is 69.7 cm³/mol. The van der Waals surface area contributed by atoms with Crippen LogP contribution in [0, 0.1) is 5.92 Å². The Kier molecular flexibility index (Phi) is 4.14. The maximum Gasteiger partial charge on any atom is 0.150 e. The number of halogens is 1. The molecule has 1 heterocycles. The van der Waals surface area contributed by atoms with Gasteiger partial charge in [-0.25, -0.2) is 8.42 Å². The number of aliphatic hydroxyl groups excluding tert-OH is 1. The first-order valence-corrected chi connectivity index (χ1v) is 7.94. The standard InChI is InChI=1S/C12H15ClO4S/c13-10-3-1-2-4-12(10)17-7-11(14)9-5-6-18(15,16)8-9/h1-4,9,11,14H,5-8H2. The first kappa shape index (κ1) is 13.6. The molecule has 2 unspecified atom stereocenters. The summed E-state index contributed by atoms with van der Waals surface area (Å²) in [6.07, 6.45) is -0.284. The van der Waals surface area contributed by atoms with Crippen LogP contribution in [0.1, 0.15) is 6.42 Å². The Labute approximate surface area is 111 Å². The SMILES string of the molecule is O=S1(=O)CCC(C(O)COc2ccccc2Cl)C1. The Bertz CT molecular complexity index is 515. The molecule has 0 spiro atoms. The molecule has 0 aliphatic carbocycles. The zero-order chi connectivity index (χ0) is 13.2. The van der Waals surface area contributed by atoms with E-state index < -0.39 is 15.9 Å². The number of hydrogen-bond donors (Lipinski definition) is 1. The summed E-state index contributed by atoms with van der Waals surface area (Å²) in [7, 11) is -2.97. The lowest BCUT2D eigenvalue weighted by Crippen LogP contribution is -2.28. The van der Waals surface area contributed by atoms with Crippen LogP contribution in [0.4, 0.5) is 0 Å². The van der Waals surface area contributed by atoms with Crippen molar-refractivity contribution in [2.45, 2.75) is 12.5 Å². The van der Waals surface area contributed by atoms with Crippen molar-refractivity contribution in [3.63, 3.8) is 0 Å².